The number of nitrogens with zero attached hydrogens (tertiary/aromatic N) is 3. The minimum atomic E-state index is -1.05. The molecule has 0 aliphatic heterocycles. The number of aromatic nitrogens is 3. The van der Waals surface area contributed by atoms with Gasteiger partial charge in [0.1, 0.15) is 11.6 Å². The van der Waals surface area contributed by atoms with E-state index in [0.29, 0.717) is 11.0 Å². The highest BCUT2D eigenvalue weighted by Gasteiger charge is 2.17. The summed E-state index contributed by atoms with van der Waals surface area (Å²) in [5, 5.41) is 16.5. The third kappa shape index (κ3) is 1.82. The third-order valence-corrected chi connectivity index (χ3v) is 2.50. The first kappa shape index (κ1) is 11.1. The standard InChI is InChI=1S/C10H10N4O3/c1-5(9(11)15)14-8-4-6(10(16)17)2-3-7(8)12-13-14/h2-5H,1H3,(H2,11,15)(H,16,17). The molecule has 1 aromatic heterocycles. The third-order valence-electron chi connectivity index (χ3n) is 2.50. The van der Waals surface area contributed by atoms with Crippen LogP contribution in [0.15, 0.2) is 18.2 Å². The number of rotatable bonds is 3. The highest BCUT2D eigenvalue weighted by atomic mass is 16.4. The topological polar surface area (TPSA) is 111 Å². The molecule has 88 valence electrons. The number of benzene rings is 1. The number of fused-ring (bicyclic) bond motifs is 1. The molecule has 1 amide bonds. The highest BCUT2D eigenvalue weighted by molar-refractivity contribution is 5.92. The van der Waals surface area contributed by atoms with Crippen molar-refractivity contribution in [2.24, 2.45) is 5.73 Å². The number of amides is 1. The van der Waals surface area contributed by atoms with Crippen LogP contribution in [0, 0.1) is 0 Å². The van der Waals surface area contributed by atoms with E-state index in [1.165, 1.54) is 22.9 Å². The molecule has 3 N–H and O–H groups in total. The number of carbonyl (C=O) groups is 2. The van der Waals surface area contributed by atoms with Crippen molar-refractivity contribution in [1.29, 1.82) is 0 Å². The van der Waals surface area contributed by atoms with E-state index in [1.807, 2.05) is 0 Å². The summed E-state index contributed by atoms with van der Waals surface area (Å²) in [6.07, 6.45) is 0. The summed E-state index contributed by atoms with van der Waals surface area (Å²) in [6, 6.07) is 3.70. The van der Waals surface area contributed by atoms with Crippen LogP contribution in [0.25, 0.3) is 11.0 Å². The van der Waals surface area contributed by atoms with Crippen LogP contribution in [0.2, 0.25) is 0 Å². The molecule has 0 radical (unpaired) electrons. The summed E-state index contributed by atoms with van der Waals surface area (Å²) in [5.74, 6) is -1.61. The van der Waals surface area contributed by atoms with E-state index in [0.717, 1.165) is 0 Å². The van der Waals surface area contributed by atoms with Gasteiger partial charge < -0.3 is 10.8 Å². The normalized spacial score (nSPS) is 12.5. The van der Waals surface area contributed by atoms with E-state index in [2.05, 4.69) is 10.3 Å². The van der Waals surface area contributed by atoms with Gasteiger partial charge in [0, 0.05) is 0 Å². The van der Waals surface area contributed by atoms with Crippen LogP contribution in [0.5, 0.6) is 0 Å². The van der Waals surface area contributed by atoms with Gasteiger partial charge in [-0.05, 0) is 25.1 Å². The number of carboxylic acid groups (broad SMARTS) is 1. The molecular formula is C10H10N4O3. The molecule has 0 saturated carbocycles. The Morgan fingerprint density at radius 2 is 2.18 bits per heavy atom. The van der Waals surface area contributed by atoms with Crippen LogP contribution >= 0.6 is 0 Å². The summed E-state index contributed by atoms with van der Waals surface area (Å²) in [4.78, 5) is 21.9. The molecule has 1 unspecified atom stereocenters. The fourth-order valence-corrected chi connectivity index (χ4v) is 1.48. The quantitative estimate of drug-likeness (QED) is 0.786. The number of hydrogen-bond donors (Lipinski definition) is 2. The molecule has 7 heteroatoms. The Kier molecular flexibility index (Phi) is 2.51. The predicted octanol–water partition coefficient (Wildman–Crippen LogP) is 0.176. The molecule has 1 aromatic carbocycles. The van der Waals surface area contributed by atoms with Crippen LogP contribution in [0.3, 0.4) is 0 Å². The van der Waals surface area contributed by atoms with Crippen molar-refractivity contribution < 1.29 is 14.7 Å². The second-order valence-electron chi connectivity index (χ2n) is 3.62. The zero-order chi connectivity index (χ0) is 12.6. The van der Waals surface area contributed by atoms with Crippen molar-refractivity contribution in [2.45, 2.75) is 13.0 Å². The number of carboxylic acids is 1. The molecule has 0 bridgehead atoms. The van der Waals surface area contributed by atoms with Crippen molar-refractivity contribution in [3.63, 3.8) is 0 Å². The first-order chi connectivity index (χ1) is 8.00. The monoisotopic (exact) mass is 234 g/mol. The molecule has 7 nitrogen and oxygen atoms in total. The number of carbonyl (C=O) groups excluding carboxylic acids is 1. The van der Waals surface area contributed by atoms with E-state index in [9.17, 15) is 9.59 Å². The van der Waals surface area contributed by atoms with Crippen LogP contribution < -0.4 is 5.73 Å². The second-order valence-corrected chi connectivity index (χ2v) is 3.62. The lowest BCUT2D eigenvalue weighted by atomic mass is 10.2. The number of aromatic carboxylic acids is 1. The molecule has 1 heterocycles. The Bertz CT molecular complexity index is 605. The highest BCUT2D eigenvalue weighted by Crippen LogP contribution is 2.17. The lowest BCUT2D eigenvalue weighted by molar-refractivity contribution is -0.120. The summed E-state index contributed by atoms with van der Waals surface area (Å²) in [5.41, 5.74) is 6.27. The maximum atomic E-state index is 11.1. The van der Waals surface area contributed by atoms with Crippen molar-refractivity contribution in [2.75, 3.05) is 0 Å². The van der Waals surface area contributed by atoms with Gasteiger partial charge in [-0.1, -0.05) is 5.21 Å². The van der Waals surface area contributed by atoms with Crippen molar-refractivity contribution >= 4 is 22.9 Å². The maximum Gasteiger partial charge on any atom is 0.335 e. The second kappa shape index (κ2) is 3.85. The van der Waals surface area contributed by atoms with Gasteiger partial charge in [0.25, 0.3) is 0 Å². The lowest BCUT2D eigenvalue weighted by Gasteiger charge is -2.07. The fourth-order valence-electron chi connectivity index (χ4n) is 1.48. The van der Waals surface area contributed by atoms with Gasteiger partial charge in [0.05, 0.1) is 11.1 Å². The van der Waals surface area contributed by atoms with E-state index < -0.39 is 17.9 Å². The van der Waals surface area contributed by atoms with Gasteiger partial charge in [-0.15, -0.1) is 5.10 Å². The summed E-state index contributed by atoms with van der Waals surface area (Å²) in [6.45, 7) is 1.57. The van der Waals surface area contributed by atoms with Gasteiger partial charge in [-0.2, -0.15) is 0 Å². The predicted molar refractivity (Wildman–Crippen MR) is 58.4 cm³/mol. The summed E-state index contributed by atoms with van der Waals surface area (Å²) >= 11 is 0. The number of nitrogens with two attached hydrogens (primary N) is 1. The molecule has 0 spiro atoms. The van der Waals surface area contributed by atoms with Crippen molar-refractivity contribution in [3.05, 3.63) is 23.8 Å². The number of hydrogen-bond acceptors (Lipinski definition) is 4. The largest absolute Gasteiger partial charge is 0.478 e. The Hall–Kier alpha value is -2.44. The first-order valence-electron chi connectivity index (χ1n) is 4.88. The Balaban J connectivity index is 2.61. The average molecular weight is 234 g/mol. The molecule has 2 aromatic rings. The molecule has 0 saturated heterocycles. The van der Waals surface area contributed by atoms with Gasteiger partial charge in [0.2, 0.25) is 5.91 Å². The van der Waals surface area contributed by atoms with Crippen LogP contribution in [0.4, 0.5) is 0 Å². The Morgan fingerprint density at radius 1 is 1.47 bits per heavy atom. The molecule has 0 aliphatic rings. The molecule has 17 heavy (non-hydrogen) atoms. The van der Waals surface area contributed by atoms with Gasteiger partial charge in [0.15, 0.2) is 0 Å². The lowest BCUT2D eigenvalue weighted by Crippen LogP contribution is -2.24. The zero-order valence-electron chi connectivity index (χ0n) is 8.99. The van der Waals surface area contributed by atoms with Crippen LogP contribution in [0.1, 0.15) is 23.3 Å². The van der Waals surface area contributed by atoms with Gasteiger partial charge >= 0.3 is 5.97 Å². The summed E-state index contributed by atoms with van der Waals surface area (Å²) in [7, 11) is 0. The molecule has 1 atom stereocenters. The van der Waals surface area contributed by atoms with E-state index in [1.54, 1.807) is 6.92 Å². The maximum absolute atomic E-state index is 11.1. The molecule has 0 aliphatic carbocycles. The number of primary amides is 1. The fraction of sp³-hybridized carbons (Fsp3) is 0.200. The van der Waals surface area contributed by atoms with E-state index in [-0.39, 0.29) is 5.56 Å². The van der Waals surface area contributed by atoms with E-state index >= 15 is 0 Å². The molecule has 2 rings (SSSR count). The van der Waals surface area contributed by atoms with Gasteiger partial charge in [-0.3, -0.25) is 4.79 Å². The van der Waals surface area contributed by atoms with Crippen molar-refractivity contribution in [1.82, 2.24) is 15.0 Å². The minimum Gasteiger partial charge on any atom is -0.478 e. The average Bonchev–Trinajstić information content (AvgIpc) is 2.70. The smallest absolute Gasteiger partial charge is 0.335 e. The van der Waals surface area contributed by atoms with Crippen LogP contribution in [-0.4, -0.2) is 32.0 Å². The first-order valence-corrected chi connectivity index (χ1v) is 4.88. The van der Waals surface area contributed by atoms with Crippen LogP contribution in [-0.2, 0) is 4.79 Å². The van der Waals surface area contributed by atoms with E-state index in [4.69, 9.17) is 10.8 Å². The molecular weight excluding hydrogens is 224 g/mol. The zero-order valence-corrected chi connectivity index (χ0v) is 8.99. The van der Waals surface area contributed by atoms with Gasteiger partial charge in [-0.25, -0.2) is 9.48 Å². The van der Waals surface area contributed by atoms with Crippen molar-refractivity contribution in [3.8, 4) is 0 Å². The summed E-state index contributed by atoms with van der Waals surface area (Å²) < 4.78 is 1.31. The Morgan fingerprint density at radius 3 is 2.76 bits per heavy atom. The molecule has 0 fully saturated rings. The SMILES string of the molecule is CC(C(N)=O)n1nnc2ccc(C(=O)O)cc21. The Labute approximate surface area is 95.8 Å². The minimum absolute atomic E-state index is 0.109.